The number of nitrogens with two attached hydrogens (primary N) is 1. The summed E-state index contributed by atoms with van der Waals surface area (Å²) in [5.41, 5.74) is 5.51. The van der Waals surface area contributed by atoms with Gasteiger partial charge in [-0.2, -0.15) is 0 Å². The van der Waals surface area contributed by atoms with Gasteiger partial charge < -0.3 is 10.6 Å². The maximum Gasteiger partial charge on any atom is 0.223 e. The van der Waals surface area contributed by atoms with Crippen molar-refractivity contribution in [1.29, 1.82) is 0 Å². The molecule has 64 valence electrons. The minimum absolute atomic E-state index is 0.0498. The fraction of sp³-hybridized carbons (Fsp3) is 0.875. The lowest BCUT2D eigenvalue weighted by molar-refractivity contribution is -0.128. The van der Waals surface area contributed by atoms with Crippen LogP contribution in [0.2, 0.25) is 0 Å². The van der Waals surface area contributed by atoms with E-state index in [0.29, 0.717) is 18.9 Å². The molecule has 1 aliphatic heterocycles. The fourth-order valence-corrected chi connectivity index (χ4v) is 1.56. The Balaban J connectivity index is 2.82. The molecule has 0 spiro atoms. The first-order chi connectivity index (χ1) is 5.00. The van der Waals surface area contributed by atoms with E-state index in [1.54, 1.807) is 4.90 Å². The molecule has 2 N–H and O–H groups in total. The van der Waals surface area contributed by atoms with Crippen LogP contribution < -0.4 is 5.73 Å². The highest BCUT2D eigenvalue weighted by atomic mass is 16.2. The Hall–Kier alpha value is -0.570. The van der Waals surface area contributed by atoms with Crippen molar-refractivity contribution in [3.8, 4) is 0 Å². The molecule has 0 aromatic heterocycles. The van der Waals surface area contributed by atoms with Gasteiger partial charge in [0.05, 0.1) is 0 Å². The van der Waals surface area contributed by atoms with Gasteiger partial charge in [0, 0.05) is 24.9 Å². The molecule has 0 aliphatic carbocycles. The molecule has 3 heteroatoms. The molecule has 1 heterocycles. The third-order valence-electron chi connectivity index (χ3n) is 2.94. The van der Waals surface area contributed by atoms with Gasteiger partial charge in [0.25, 0.3) is 0 Å². The molecule has 0 radical (unpaired) electrons. The van der Waals surface area contributed by atoms with E-state index in [2.05, 4.69) is 13.8 Å². The van der Waals surface area contributed by atoms with Gasteiger partial charge in [0.1, 0.15) is 0 Å². The fourth-order valence-electron chi connectivity index (χ4n) is 1.56. The van der Waals surface area contributed by atoms with Crippen molar-refractivity contribution in [2.75, 3.05) is 13.6 Å². The maximum atomic E-state index is 11.2. The molecule has 1 amide bonds. The zero-order valence-corrected chi connectivity index (χ0v) is 7.42. The monoisotopic (exact) mass is 156 g/mol. The zero-order chi connectivity index (χ0) is 8.65. The number of carbonyl (C=O) groups is 1. The summed E-state index contributed by atoms with van der Waals surface area (Å²) >= 11 is 0. The van der Waals surface area contributed by atoms with Crippen LogP contribution in [0.5, 0.6) is 0 Å². The van der Waals surface area contributed by atoms with Crippen molar-refractivity contribution < 1.29 is 4.79 Å². The molecule has 3 nitrogen and oxygen atoms in total. The number of carbonyl (C=O) groups excluding carboxylic acids is 1. The van der Waals surface area contributed by atoms with Gasteiger partial charge in [-0.1, -0.05) is 0 Å². The minimum Gasteiger partial charge on any atom is -0.340 e. The molecule has 0 bridgehead atoms. The first-order valence-electron chi connectivity index (χ1n) is 3.97. The van der Waals surface area contributed by atoms with Crippen LogP contribution in [0, 0.1) is 5.92 Å². The zero-order valence-electron chi connectivity index (χ0n) is 7.42. The second kappa shape index (κ2) is 2.48. The largest absolute Gasteiger partial charge is 0.340 e. The summed E-state index contributed by atoms with van der Waals surface area (Å²) in [5, 5.41) is 0. The lowest BCUT2D eigenvalue weighted by Crippen LogP contribution is -2.43. The van der Waals surface area contributed by atoms with Crippen LogP contribution in [0.1, 0.15) is 20.3 Å². The SMILES string of the molecule is CN1C(=O)CC(CN)C1(C)C. The molecule has 0 aromatic rings. The van der Waals surface area contributed by atoms with Gasteiger partial charge in [-0.15, -0.1) is 0 Å². The Labute approximate surface area is 67.5 Å². The normalized spacial score (nSPS) is 29.6. The summed E-state index contributed by atoms with van der Waals surface area (Å²) < 4.78 is 0. The number of likely N-dealkylation sites (tertiary alicyclic amines) is 1. The Morgan fingerprint density at radius 1 is 1.73 bits per heavy atom. The minimum atomic E-state index is -0.0498. The van der Waals surface area contributed by atoms with Crippen LogP contribution in [0.4, 0.5) is 0 Å². The van der Waals surface area contributed by atoms with E-state index in [0.717, 1.165) is 0 Å². The molecule has 1 aliphatic rings. The summed E-state index contributed by atoms with van der Waals surface area (Å²) in [6.45, 7) is 4.73. The summed E-state index contributed by atoms with van der Waals surface area (Å²) in [6.07, 6.45) is 0.611. The predicted molar refractivity (Wildman–Crippen MR) is 44.0 cm³/mol. The van der Waals surface area contributed by atoms with E-state index in [9.17, 15) is 4.79 Å². The van der Waals surface area contributed by atoms with E-state index >= 15 is 0 Å². The number of rotatable bonds is 1. The second-order valence-electron chi connectivity index (χ2n) is 3.74. The van der Waals surface area contributed by atoms with E-state index < -0.39 is 0 Å². The summed E-state index contributed by atoms with van der Waals surface area (Å²) in [6, 6.07) is 0. The average Bonchev–Trinajstić information content (AvgIpc) is 2.13. The van der Waals surface area contributed by atoms with Crippen molar-refractivity contribution in [3.05, 3.63) is 0 Å². The average molecular weight is 156 g/mol. The Morgan fingerprint density at radius 3 is 2.45 bits per heavy atom. The first-order valence-corrected chi connectivity index (χ1v) is 3.97. The third-order valence-corrected chi connectivity index (χ3v) is 2.94. The van der Waals surface area contributed by atoms with Crippen LogP contribution in [0.3, 0.4) is 0 Å². The predicted octanol–water partition coefficient (Wildman–Crippen LogP) is 0.202. The van der Waals surface area contributed by atoms with Gasteiger partial charge in [-0.25, -0.2) is 0 Å². The second-order valence-corrected chi connectivity index (χ2v) is 3.74. The Bertz CT molecular complexity index is 177. The van der Waals surface area contributed by atoms with Crippen molar-refractivity contribution >= 4 is 5.91 Å². The van der Waals surface area contributed by atoms with E-state index in [4.69, 9.17) is 5.73 Å². The molecule has 11 heavy (non-hydrogen) atoms. The van der Waals surface area contributed by atoms with E-state index in [1.807, 2.05) is 7.05 Å². The van der Waals surface area contributed by atoms with Crippen LogP contribution in [0.25, 0.3) is 0 Å². The molecule has 1 rings (SSSR count). The van der Waals surface area contributed by atoms with Gasteiger partial charge in [-0.3, -0.25) is 4.79 Å². The van der Waals surface area contributed by atoms with Crippen molar-refractivity contribution in [3.63, 3.8) is 0 Å². The Kier molecular flexibility index (Phi) is 1.92. The molecule has 1 unspecified atom stereocenters. The van der Waals surface area contributed by atoms with Crippen LogP contribution >= 0.6 is 0 Å². The lowest BCUT2D eigenvalue weighted by atomic mass is 9.89. The molecular formula is C8H16N2O. The molecule has 1 saturated heterocycles. The summed E-state index contributed by atoms with van der Waals surface area (Å²) in [4.78, 5) is 13.0. The summed E-state index contributed by atoms with van der Waals surface area (Å²) in [5.74, 6) is 0.533. The van der Waals surface area contributed by atoms with E-state index in [-0.39, 0.29) is 11.4 Å². The Morgan fingerprint density at radius 2 is 2.27 bits per heavy atom. The number of hydrogen-bond acceptors (Lipinski definition) is 2. The van der Waals surface area contributed by atoms with Crippen LogP contribution in [-0.4, -0.2) is 29.9 Å². The smallest absolute Gasteiger partial charge is 0.223 e. The maximum absolute atomic E-state index is 11.2. The molecule has 1 fully saturated rings. The van der Waals surface area contributed by atoms with Crippen molar-refractivity contribution in [1.82, 2.24) is 4.90 Å². The third kappa shape index (κ3) is 1.13. The standard InChI is InChI=1S/C8H16N2O/c1-8(2)6(5-9)4-7(11)10(8)3/h6H,4-5,9H2,1-3H3. The number of amides is 1. The van der Waals surface area contributed by atoms with Crippen LogP contribution in [0.15, 0.2) is 0 Å². The topological polar surface area (TPSA) is 46.3 Å². The number of nitrogens with zero attached hydrogens (tertiary/aromatic N) is 1. The number of hydrogen-bond donors (Lipinski definition) is 1. The van der Waals surface area contributed by atoms with Crippen molar-refractivity contribution in [2.45, 2.75) is 25.8 Å². The highest BCUT2D eigenvalue weighted by Gasteiger charge is 2.42. The highest BCUT2D eigenvalue weighted by molar-refractivity contribution is 5.79. The van der Waals surface area contributed by atoms with Crippen molar-refractivity contribution in [2.24, 2.45) is 11.7 Å². The highest BCUT2D eigenvalue weighted by Crippen LogP contribution is 2.32. The van der Waals surface area contributed by atoms with Crippen LogP contribution in [-0.2, 0) is 4.79 Å². The van der Waals surface area contributed by atoms with Gasteiger partial charge in [-0.05, 0) is 20.4 Å². The molecule has 1 atom stereocenters. The lowest BCUT2D eigenvalue weighted by Gasteiger charge is -2.32. The molecule has 0 aromatic carbocycles. The quantitative estimate of drug-likeness (QED) is 0.589. The molecular weight excluding hydrogens is 140 g/mol. The van der Waals surface area contributed by atoms with Gasteiger partial charge >= 0.3 is 0 Å². The summed E-state index contributed by atoms with van der Waals surface area (Å²) in [7, 11) is 1.85. The van der Waals surface area contributed by atoms with Gasteiger partial charge in [0.15, 0.2) is 0 Å². The first kappa shape index (κ1) is 8.53. The van der Waals surface area contributed by atoms with Gasteiger partial charge in [0.2, 0.25) is 5.91 Å². The molecule has 0 saturated carbocycles. The van der Waals surface area contributed by atoms with E-state index in [1.165, 1.54) is 0 Å².